The Hall–Kier alpha value is -2.55. The second-order valence-electron chi connectivity index (χ2n) is 4.65. The number of hydrogen-bond donors (Lipinski definition) is 1. The zero-order valence-electron chi connectivity index (χ0n) is 11.9. The van der Waals surface area contributed by atoms with Crippen molar-refractivity contribution in [1.29, 1.82) is 0 Å². The van der Waals surface area contributed by atoms with Gasteiger partial charge in [-0.2, -0.15) is 5.10 Å². The number of allylic oxidation sites excluding steroid dienone is 4. The molecule has 0 amide bonds. The average Bonchev–Trinajstić information content (AvgIpc) is 2.80. The van der Waals surface area contributed by atoms with Crippen LogP contribution < -0.4 is 5.73 Å². The molecule has 3 heteroatoms. The highest BCUT2D eigenvalue weighted by Gasteiger charge is 2.12. The SMILES string of the molecule is C=C/C=C(\C=C/N)c1cn(C)nc1-c1cccc(C)c1. The monoisotopic (exact) mass is 265 g/mol. The standard InChI is InChI=1S/C17H19N3/c1-4-6-14(9-10-18)16-12-20(3)19-17(16)15-8-5-7-13(2)11-15/h4-12H,1,18H2,2-3H3/b10-9-,14-6+. The number of hydrogen-bond acceptors (Lipinski definition) is 2. The molecule has 0 aliphatic heterocycles. The summed E-state index contributed by atoms with van der Waals surface area (Å²) in [6.07, 6.45) is 9.06. The molecule has 0 aliphatic carbocycles. The van der Waals surface area contributed by atoms with E-state index in [-0.39, 0.29) is 0 Å². The molecule has 102 valence electrons. The number of benzene rings is 1. The van der Waals surface area contributed by atoms with E-state index in [4.69, 9.17) is 5.73 Å². The summed E-state index contributed by atoms with van der Waals surface area (Å²) in [5.74, 6) is 0. The van der Waals surface area contributed by atoms with Gasteiger partial charge in [-0.15, -0.1) is 0 Å². The predicted molar refractivity (Wildman–Crippen MR) is 84.9 cm³/mol. The van der Waals surface area contributed by atoms with Crippen LogP contribution in [0.3, 0.4) is 0 Å². The molecule has 2 rings (SSSR count). The Morgan fingerprint density at radius 1 is 1.40 bits per heavy atom. The summed E-state index contributed by atoms with van der Waals surface area (Å²) in [7, 11) is 1.92. The van der Waals surface area contributed by atoms with Crippen molar-refractivity contribution >= 4 is 5.57 Å². The first kappa shape index (κ1) is 13.9. The molecule has 0 saturated heterocycles. The van der Waals surface area contributed by atoms with E-state index in [1.54, 1.807) is 6.08 Å². The molecule has 0 atom stereocenters. The van der Waals surface area contributed by atoms with Gasteiger partial charge in [0.05, 0.1) is 0 Å². The lowest BCUT2D eigenvalue weighted by molar-refractivity contribution is 0.770. The minimum absolute atomic E-state index is 0.947. The lowest BCUT2D eigenvalue weighted by atomic mass is 10.0. The summed E-state index contributed by atoms with van der Waals surface area (Å²) in [6, 6.07) is 8.31. The fraction of sp³-hybridized carbons (Fsp3) is 0.118. The van der Waals surface area contributed by atoms with E-state index >= 15 is 0 Å². The van der Waals surface area contributed by atoms with Crippen molar-refractivity contribution in [3.63, 3.8) is 0 Å². The van der Waals surface area contributed by atoms with Gasteiger partial charge in [0.15, 0.2) is 0 Å². The molecule has 1 heterocycles. The highest BCUT2D eigenvalue weighted by atomic mass is 15.2. The molecule has 20 heavy (non-hydrogen) atoms. The van der Waals surface area contributed by atoms with Crippen LogP contribution in [0.4, 0.5) is 0 Å². The van der Waals surface area contributed by atoms with E-state index in [1.165, 1.54) is 11.8 Å². The van der Waals surface area contributed by atoms with Crippen LogP contribution in [-0.4, -0.2) is 9.78 Å². The topological polar surface area (TPSA) is 43.8 Å². The predicted octanol–water partition coefficient (Wildman–Crippen LogP) is 3.44. The smallest absolute Gasteiger partial charge is 0.100 e. The van der Waals surface area contributed by atoms with E-state index in [0.717, 1.165) is 22.4 Å². The van der Waals surface area contributed by atoms with Crippen LogP contribution in [0.5, 0.6) is 0 Å². The molecular formula is C17H19N3. The number of nitrogens with zero attached hydrogens (tertiary/aromatic N) is 2. The molecule has 2 N–H and O–H groups in total. The Balaban J connectivity index is 2.61. The Kier molecular flexibility index (Phi) is 4.20. The first-order chi connectivity index (χ1) is 9.65. The third-order valence-electron chi connectivity index (χ3n) is 3.00. The van der Waals surface area contributed by atoms with Gasteiger partial charge < -0.3 is 5.73 Å². The molecule has 0 unspecified atom stereocenters. The maximum absolute atomic E-state index is 5.53. The second-order valence-corrected chi connectivity index (χ2v) is 4.65. The van der Waals surface area contributed by atoms with Crippen LogP contribution in [-0.2, 0) is 7.05 Å². The van der Waals surface area contributed by atoms with Crippen LogP contribution >= 0.6 is 0 Å². The molecule has 1 aromatic carbocycles. The third kappa shape index (κ3) is 2.88. The van der Waals surface area contributed by atoms with Crippen LogP contribution in [0, 0.1) is 6.92 Å². The van der Waals surface area contributed by atoms with Gasteiger partial charge in [-0.05, 0) is 30.8 Å². The minimum Gasteiger partial charge on any atom is -0.405 e. The highest BCUT2D eigenvalue weighted by molar-refractivity contribution is 5.84. The maximum Gasteiger partial charge on any atom is 0.100 e. The van der Waals surface area contributed by atoms with Crippen molar-refractivity contribution in [2.45, 2.75) is 6.92 Å². The van der Waals surface area contributed by atoms with Crippen LogP contribution in [0.25, 0.3) is 16.8 Å². The number of aryl methyl sites for hydroxylation is 2. The van der Waals surface area contributed by atoms with Crippen LogP contribution in [0.1, 0.15) is 11.1 Å². The first-order valence-corrected chi connectivity index (χ1v) is 6.47. The number of rotatable bonds is 4. The van der Waals surface area contributed by atoms with Gasteiger partial charge in [-0.1, -0.05) is 42.5 Å². The van der Waals surface area contributed by atoms with Gasteiger partial charge in [0.2, 0.25) is 0 Å². The molecule has 0 saturated carbocycles. The molecule has 0 bridgehead atoms. The van der Waals surface area contributed by atoms with Gasteiger partial charge in [0.25, 0.3) is 0 Å². The van der Waals surface area contributed by atoms with E-state index in [9.17, 15) is 0 Å². The summed E-state index contributed by atoms with van der Waals surface area (Å²) in [6.45, 7) is 5.83. The molecule has 0 spiro atoms. The highest BCUT2D eigenvalue weighted by Crippen LogP contribution is 2.28. The van der Waals surface area contributed by atoms with E-state index in [0.29, 0.717) is 0 Å². The van der Waals surface area contributed by atoms with Crippen LogP contribution in [0.15, 0.2) is 61.5 Å². The second kappa shape index (κ2) is 6.06. The number of nitrogens with two attached hydrogens (primary N) is 1. The quantitative estimate of drug-likeness (QED) is 0.861. The normalized spacial score (nSPS) is 12.0. The van der Waals surface area contributed by atoms with Gasteiger partial charge in [-0.3, -0.25) is 4.68 Å². The Labute approximate surface area is 119 Å². The molecule has 1 aromatic heterocycles. The lowest BCUT2D eigenvalue weighted by Gasteiger charge is -2.04. The Morgan fingerprint density at radius 3 is 2.85 bits per heavy atom. The summed E-state index contributed by atoms with van der Waals surface area (Å²) in [5, 5.41) is 4.57. The van der Waals surface area contributed by atoms with E-state index in [1.807, 2.05) is 36.1 Å². The van der Waals surface area contributed by atoms with Crippen molar-refractivity contribution in [3.05, 3.63) is 72.6 Å². The number of aromatic nitrogens is 2. The van der Waals surface area contributed by atoms with Crippen molar-refractivity contribution in [2.75, 3.05) is 0 Å². The lowest BCUT2D eigenvalue weighted by Crippen LogP contribution is -1.88. The van der Waals surface area contributed by atoms with Gasteiger partial charge >= 0.3 is 0 Å². The van der Waals surface area contributed by atoms with Crippen molar-refractivity contribution in [2.24, 2.45) is 12.8 Å². The summed E-state index contributed by atoms with van der Waals surface area (Å²) in [5.41, 5.74) is 10.8. The largest absolute Gasteiger partial charge is 0.405 e. The van der Waals surface area contributed by atoms with Gasteiger partial charge in [0.1, 0.15) is 5.69 Å². The zero-order chi connectivity index (χ0) is 14.5. The van der Waals surface area contributed by atoms with Crippen molar-refractivity contribution in [3.8, 4) is 11.3 Å². The molecule has 3 nitrogen and oxygen atoms in total. The fourth-order valence-corrected chi connectivity index (χ4v) is 2.17. The molecular weight excluding hydrogens is 246 g/mol. The maximum atomic E-state index is 5.53. The summed E-state index contributed by atoms with van der Waals surface area (Å²) < 4.78 is 1.81. The zero-order valence-corrected chi connectivity index (χ0v) is 11.9. The van der Waals surface area contributed by atoms with Gasteiger partial charge in [0, 0.05) is 24.4 Å². The first-order valence-electron chi connectivity index (χ1n) is 6.47. The average molecular weight is 265 g/mol. The molecule has 2 aromatic rings. The Bertz CT molecular complexity index is 675. The summed E-state index contributed by atoms with van der Waals surface area (Å²) in [4.78, 5) is 0. The molecule has 0 radical (unpaired) electrons. The Morgan fingerprint density at radius 2 is 2.20 bits per heavy atom. The van der Waals surface area contributed by atoms with Crippen molar-refractivity contribution < 1.29 is 0 Å². The van der Waals surface area contributed by atoms with Gasteiger partial charge in [-0.25, -0.2) is 0 Å². The minimum atomic E-state index is 0.947. The van der Waals surface area contributed by atoms with Crippen molar-refractivity contribution in [1.82, 2.24) is 9.78 Å². The molecule has 0 aliphatic rings. The van der Waals surface area contributed by atoms with Crippen LogP contribution in [0.2, 0.25) is 0 Å². The fourth-order valence-electron chi connectivity index (χ4n) is 2.17. The van der Waals surface area contributed by atoms with E-state index < -0.39 is 0 Å². The summed E-state index contributed by atoms with van der Waals surface area (Å²) >= 11 is 0. The third-order valence-corrected chi connectivity index (χ3v) is 3.00. The van der Waals surface area contributed by atoms with E-state index in [2.05, 4.69) is 36.8 Å². The molecule has 0 fully saturated rings.